The number of ether oxygens (including phenoxy) is 2. The lowest BCUT2D eigenvalue weighted by Crippen LogP contribution is -2.65. The SMILES string of the molecule is CC1(C)C2CC1[C@]1(C)OB([C@H](C[C@@H]3COc4ccccc43)NC(=O)[C@@H]3C[C@H]4CC[C@@H]3O4)O[C@@H]1C2. The lowest BCUT2D eigenvalue weighted by Gasteiger charge is -2.64. The predicted molar refractivity (Wildman–Crippen MR) is 127 cm³/mol. The molecular formula is C27H36BNO5. The van der Waals surface area contributed by atoms with E-state index in [1.165, 1.54) is 12.0 Å². The molecule has 6 nitrogen and oxygen atoms in total. The number of hydrogen-bond acceptors (Lipinski definition) is 5. The molecule has 6 fully saturated rings. The van der Waals surface area contributed by atoms with Gasteiger partial charge in [-0.3, -0.25) is 4.79 Å². The standard InChI is InChI=1S/C27H36BNO5/c1-26(2)16-11-22(26)27(3)23(12-16)33-28(34-27)24(10-15-14-31-20-7-5-4-6-18(15)20)29-25(30)19-13-17-8-9-21(19)32-17/h4-7,15-17,19,21-24H,8-14H2,1-3H3,(H,29,30)/t15-,16?,17-,19-,21+,22?,23-,24+,27+/m1/s1. The topological polar surface area (TPSA) is 66.0 Å². The zero-order chi connectivity index (χ0) is 23.2. The van der Waals surface area contributed by atoms with Gasteiger partial charge in [0.1, 0.15) is 5.75 Å². The van der Waals surface area contributed by atoms with Gasteiger partial charge >= 0.3 is 7.12 Å². The molecule has 7 aliphatic rings. The van der Waals surface area contributed by atoms with E-state index in [9.17, 15) is 4.79 Å². The molecule has 4 heterocycles. The van der Waals surface area contributed by atoms with E-state index in [1.54, 1.807) is 0 Å². The van der Waals surface area contributed by atoms with E-state index in [2.05, 4.69) is 38.2 Å². The van der Waals surface area contributed by atoms with Gasteiger partial charge in [0, 0.05) is 11.5 Å². The number of nitrogens with one attached hydrogen (secondary N) is 1. The summed E-state index contributed by atoms with van der Waals surface area (Å²) in [5.41, 5.74) is 1.22. The third kappa shape index (κ3) is 3.09. The predicted octanol–water partition coefficient (Wildman–Crippen LogP) is 3.87. The summed E-state index contributed by atoms with van der Waals surface area (Å²) in [6.45, 7) is 7.64. The van der Waals surface area contributed by atoms with Gasteiger partial charge in [0.05, 0.1) is 42.4 Å². The Kier molecular flexibility index (Phi) is 4.77. The van der Waals surface area contributed by atoms with Crippen LogP contribution >= 0.6 is 0 Å². The van der Waals surface area contributed by atoms with Crippen LogP contribution in [-0.4, -0.2) is 49.5 Å². The van der Waals surface area contributed by atoms with Crippen molar-refractivity contribution in [2.24, 2.45) is 23.2 Å². The van der Waals surface area contributed by atoms with Gasteiger partial charge in [-0.2, -0.15) is 0 Å². The summed E-state index contributed by atoms with van der Waals surface area (Å²) in [5, 5.41) is 3.40. The smallest absolute Gasteiger partial charge is 0.481 e. The first-order valence-electron chi connectivity index (χ1n) is 13.3. The highest BCUT2D eigenvalue weighted by Gasteiger charge is 2.68. The van der Waals surface area contributed by atoms with Crippen molar-refractivity contribution in [3.63, 3.8) is 0 Å². The van der Waals surface area contributed by atoms with Gasteiger partial charge in [-0.05, 0) is 68.8 Å². The number of carbonyl (C=O) groups excluding carboxylic acids is 1. The molecule has 4 aliphatic heterocycles. The molecule has 7 heteroatoms. The fourth-order valence-corrected chi connectivity index (χ4v) is 8.24. The van der Waals surface area contributed by atoms with Crippen LogP contribution < -0.4 is 10.1 Å². The molecular weight excluding hydrogens is 429 g/mol. The van der Waals surface area contributed by atoms with E-state index in [4.69, 9.17) is 18.8 Å². The van der Waals surface area contributed by atoms with Gasteiger partial charge in [-0.15, -0.1) is 0 Å². The molecule has 3 aliphatic carbocycles. The van der Waals surface area contributed by atoms with Gasteiger partial charge in [0.15, 0.2) is 0 Å². The quantitative estimate of drug-likeness (QED) is 0.669. The monoisotopic (exact) mass is 465 g/mol. The number of benzene rings is 1. The highest BCUT2D eigenvalue weighted by molar-refractivity contribution is 6.48. The Hall–Kier alpha value is -1.57. The summed E-state index contributed by atoms with van der Waals surface area (Å²) in [6, 6.07) is 8.25. The zero-order valence-corrected chi connectivity index (χ0v) is 20.5. The first kappa shape index (κ1) is 21.7. The maximum absolute atomic E-state index is 13.5. The van der Waals surface area contributed by atoms with E-state index in [-0.39, 0.29) is 47.6 Å². The lowest BCUT2D eigenvalue weighted by atomic mass is 9.43. The summed E-state index contributed by atoms with van der Waals surface area (Å²) >= 11 is 0. The summed E-state index contributed by atoms with van der Waals surface area (Å²) in [4.78, 5) is 13.5. The van der Waals surface area contributed by atoms with Crippen molar-refractivity contribution in [1.29, 1.82) is 0 Å². The summed E-state index contributed by atoms with van der Waals surface area (Å²) in [7, 11) is -0.429. The normalized spacial score (nSPS) is 43.6. The Bertz CT molecular complexity index is 1000. The molecule has 1 N–H and O–H groups in total. The molecule has 182 valence electrons. The number of carbonyl (C=O) groups is 1. The highest BCUT2D eigenvalue weighted by atomic mass is 16.7. The van der Waals surface area contributed by atoms with Crippen molar-refractivity contribution in [2.75, 3.05) is 6.61 Å². The minimum absolute atomic E-state index is 0.0561. The Morgan fingerprint density at radius 2 is 2.03 bits per heavy atom. The average Bonchev–Trinajstić information content (AvgIpc) is 3.60. The third-order valence-corrected chi connectivity index (χ3v) is 10.4. The van der Waals surface area contributed by atoms with E-state index in [1.807, 2.05) is 12.1 Å². The molecule has 0 aromatic heterocycles. The summed E-state index contributed by atoms with van der Waals surface area (Å²) < 4.78 is 25.4. The van der Waals surface area contributed by atoms with Crippen LogP contribution in [0.15, 0.2) is 24.3 Å². The van der Waals surface area contributed by atoms with E-state index < -0.39 is 7.12 Å². The third-order valence-electron chi connectivity index (χ3n) is 10.4. The Morgan fingerprint density at radius 3 is 2.79 bits per heavy atom. The Balaban J connectivity index is 1.13. The molecule has 0 radical (unpaired) electrons. The molecule has 8 rings (SSSR count). The number of fused-ring (bicyclic) bond motifs is 3. The van der Waals surface area contributed by atoms with Crippen molar-refractivity contribution in [3.05, 3.63) is 29.8 Å². The van der Waals surface area contributed by atoms with Crippen LogP contribution in [0.5, 0.6) is 5.75 Å². The van der Waals surface area contributed by atoms with Crippen LogP contribution in [0, 0.1) is 23.2 Å². The van der Waals surface area contributed by atoms with Crippen LogP contribution in [-0.2, 0) is 18.8 Å². The largest absolute Gasteiger partial charge is 0.493 e. The molecule has 1 amide bonds. The number of para-hydroxylation sites is 1. The van der Waals surface area contributed by atoms with Gasteiger partial charge in [-0.1, -0.05) is 32.0 Å². The zero-order valence-electron chi connectivity index (χ0n) is 20.5. The molecule has 3 saturated carbocycles. The highest BCUT2D eigenvalue weighted by Crippen LogP contribution is 2.65. The van der Waals surface area contributed by atoms with Crippen LogP contribution in [0.4, 0.5) is 0 Å². The summed E-state index contributed by atoms with van der Waals surface area (Å²) in [6.07, 6.45) is 6.36. The maximum atomic E-state index is 13.5. The van der Waals surface area contributed by atoms with Crippen molar-refractivity contribution in [3.8, 4) is 5.75 Å². The first-order chi connectivity index (χ1) is 16.3. The average molecular weight is 465 g/mol. The summed E-state index contributed by atoms with van der Waals surface area (Å²) in [5.74, 6) is 2.20. The van der Waals surface area contributed by atoms with Crippen molar-refractivity contribution >= 4 is 13.0 Å². The van der Waals surface area contributed by atoms with Gasteiger partial charge in [0.25, 0.3) is 0 Å². The van der Waals surface area contributed by atoms with Gasteiger partial charge < -0.3 is 24.1 Å². The maximum Gasteiger partial charge on any atom is 0.481 e. The molecule has 3 saturated heterocycles. The van der Waals surface area contributed by atoms with Crippen molar-refractivity contribution in [2.45, 2.75) is 95.1 Å². The first-order valence-corrected chi connectivity index (χ1v) is 13.3. The van der Waals surface area contributed by atoms with E-state index in [0.29, 0.717) is 23.9 Å². The second-order valence-corrected chi connectivity index (χ2v) is 12.4. The second-order valence-electron chi connectivity index (χ2n) is 12.4. The molecule has 4 bridgehead atoms. The fraction of sp³-hybridized carbons (Fsp3) is 0.741. The molecule has 2 unspecified atom stereocenters. The van der Waals surface area contributed by atoms with Crippen LogP contribution in [0.1, 0.15) is 70.8 Å². The van der Waals surface area contributed by atoms with Crippen LogP contribution in [0.2, 0.25) is 0 Å². The minimum atomic E-state index is -0.429. The van der Waals surface area contributed by atoms with Crippen LogP contribution in [0.25, 0.3) is 0 Å². The van der Waals surface area contributed by atoms with Gasteiger partial charge in [0.2, 0.25) is 5.91 Å². The molecule has 34 heavy (non-hydrogen) atoms. The Morgan fingerprint density at radius 1 is 1.18 bits per heavy atom. The Labute approximate surface area is 202 Å². The number of rotatable bonds is 5. The van der Waals surface area contributed by atoms with Crippen LogP contribution in [0.3, 0.4) is 0 Å². The molecule has 1 aromatic rings. The van der Waals surface area contributed by atoms with Gasteiger partial charge in [-0.25, -0.2) is 0 Å². The van der Waals surface area contributed by atoms with Crippen molar-refractivity contribution < 1.29 is 23.6 Å². The molecule has 0 spiro atoms. The van der Waals surface area contributed by atoms with E-state index in [0.717, 1.165) is 37.9 Å². The van der Waals surface area contributed by atoms with Crippen molar-refractivity contribution in [1.82, 2.24) is 5.32 Å². The molecule has 9 atom stereocenters. The molecule has 1 aromatic carbocycles. The van der Waals surface area contributed by atoms with E-state index >= 15 is 0 Å². The number of amides is 1. The number of hydrogen-bond donors (Lipinski definition) is 1. The lowest BCUT2D eigenvalue weighted by molar-refractivity contribution is -0.199. The fourth-order valence-electron chi connectivity index (χ4n) is 8.24. The second kappa shape index (κ2) is 7.47. The minimum Gasteiger partial charge on any atom is -0.493 e.